The average Bonchev–Trinajstić information content (AvgIpc) is 2.47. The molecule has 2 aromatic carbocycles. The van der Waals surface area contributed by atoms with Crippen molar-refractivity contribution in [3.05, 3.63) is 73.8 Å². The number of rotatable bonds is 4. The molecule has 0 heterocycles. The quantitative estimate of drug-likeness (QED) is 0.483. The minimum Gasteiger partial charge on any atom is -0.281 e. The fourth-order valence-corrected chi connectivity index (χ4v) is 2.52. The average molecular weight is 318 g/mol. The third kappa shape index (κ3) is 3.47. The normalized spacial score (nSPS) is 10.2. The molecule has 2 aromatic rings. The molecule has 0 amide bonds. The summed E-state index contributed by atoms with van der Waals surface area (Å²) in [6, 6.07) is 9.98. The van der Waals surface area contributed by atoms with Crippen LogP contribution in [0, 0.1) is 27.2 Å². The van der Waals surface area contributed by atoms with Crippen LogP contribution in [0.4, 0.5) is 11.4 Å². The second-order valence-electron chi connectivity index (χ2n) is 4.42. The Morgan fingerprint density at radius 2 is 1.64 bits per heavy atom. The summed E-state index contributed by atoms with van der Waals surface area (Å²) in [6.45, 7) is 1.88. The molecule has 2 rings (SSSR count). The van der Waals surface area contributed by atoms with Crippen molar-refractivity contribution in [3.63, 3.8) is 0 Å². The van der Waals surface area contributed by atoms with E-state index in [1.807, 2.05) is 6.92 Å². The number of non-ortho nitro benzene ring substituents is 1. The molecule has 0 aliphatic rings. The molecule has 0 saturated heterocycles. The molecular weight excluding hydrogens is 308 g/mol. The third-order valence-corrected chi connectivity index (χ3v) is 3.83. The van der Waals surface area contributed by atoms with Gasteiger partial charge in [0.15, 0.2) is 0 Å². The fourth-order valence-electron chi connectivity index (χ4n) is 1.70. The molecule has 0 N–H and O–H groups in total. The van der Waals surface area contributed by atoms with Gasteiger partial charge in [0.2, 0.25) is 5.12 Å². The van der Waals surface area contributed by atoms with Gasteiger partial charge in [-0.3, -0.25) is 25.0 Å². The van der Waals surface area contributed by atoms with Crippen molar-refractivity contribution < 1.29 is 14.6 Å². The number of hydrogen-bond acceptors (Lipinski definition) is 6. The summed E-state index contributed by atoms with van der Waals surface area (Å²) < 4.78 is 0. The van der Waals surface area contributed by atoms with Crippen molar-refractivity contribution in [2.75, 3.05) is 0 Å². The van der Waals surface area contributed by atoms with Crippen molar-refractivity contribution >= 4 is 28.3 Å². The Morgan fingerprint density at radius 3 is 2.18 bits per heavy atom. The van der Waals surface area contributed by atoms with Gasteiger partial charge in [0.25, 0.3) is 11.4 Å². The van der Waals surface area contributed by atoms with Crippen LogP contribution in [0.3, 0.4) is 0 Å². The molecule has 7 nitrogen and oxygen atoms in total. The number of nitro groups is 2. The number of nitrogens with zero attached hydrogens (tertiary/aromatic N) is 2. The summed E-state index contributed by atoms with van der Waals surface area (Å²) in [4.78, 5) is 32.4. The molecule has 0 fully saturated rings. The molecule has 0 spiro atoms. The van der Waals surface area contributed by atoms with Crippen LogP contribution in [-0.4, -0.2) is 15.0 Å². The Hall–Kier alpha value is -2.74. The number of hydrogen-bond donors (Lipinski definition) is 0. The van der Waals surface area contributed by atoms with E-state index in [1.54, 1.807) is 24.3 Å². The van der Waals surface area contributed by atoms with Gasteiger partial charge in [-0.2, -0.15) is 0 Å². The Balaban J connectivity index is 2.32. The number of carbonyl (C=O) groups is 1. The van der Waals surface area contributed by atoms with Gasteiger partial charge in [-0.05, 0) is 24.8 Å². The first-order valence-corrected chi connectivity index (χ1v) is 6.92. The Kier molecular flexibility index (Phi) is 4.52. The molecule has 0 radical (unpaired) electrons. The van der Waals surface area contributed by atoms with Crippen molar-refractivity contribution in [2.24, 2.45) is 0 Å². The lowest BCUT2D eigenvalue weighted by Gasteiger charge is -2.03. The largest absolute Gasteiger partial charge is 0.290 e. The van der Waals surface area contributed by atoms with Crippen molar-refractivity contribution in [1.29, 1.82) is 0 Å². The van der Waals surface area contributed by atoms with E-state index in [2.05, 4.69) is 0 Å². The molecule has 0 aliphatic carbocycles. The molecule has 0 bridgehead atoms. The fraction of sp³-hybridized carbons (Fsp3) is 0.0714. The molecule has 0 atom stereocenters. The predicted molar refractivity (Wildman–Crippen MR) is 81.1 cm³/mol. The van der Waals surface area contributed by atoms with Crippen LogP contribution < -0.4 is 0 Å². The van der Waals surface area contributed by atoms with Gasteiger partial charge in [-0.1, -0.05) is 29.8 Å². The minimum atomic E-state index is -0.738. The SMILES string of the molecule is Cc1ccc(C(=O)Sc2ccc([N+](=O)[O-])cc2[N+](=O)[O-])cc1. The van der Waals surface area contributed by atoms with E-state index in [0.29, 0.717) is 17.3 Å². The highest BCUT2D eigenvalue weighted by Crippen LogP contribution is 2.34. The maximum Gasteiger partial charge on any atom is 0.290 e. The smallest absolute Gasteiger partial charge is 0.281 e. The summed E-state index contributed by atoms with van der Waals surface area (Å²) >= 11 is 0.675. The van der Waals surface area contributed by atoms with Crippen LogP contribution in [0.15, 0.2) is 47.4 Å². The first-order valence-electron chi connectivity index (χ1n) is 6.10. The Labute approximate surface area is 129 Å². The van der Waals surface area contributed by atoms with E-state index in [4.69, 9.17) is 0 Å². The number of thioether (sulfide) groups is 1. The van der Waals surface area contributed by atoms with Crippen molar-refractivity contribution in [2.45, 2.75) is 11.8 Å². The number of carbonyl (C=O) groups excluding carboxylic acids is 1. The third-order valence-electron chi connectivity index (χ3n) is 2.84. The van der Waals surface area contributed by atoms with E-state index in [-0.39, 0.29) is 15.7 Å². The highest BCUT2D eigenvalue weighted by atomic mass is 32.2. The van der Waals surface area contributed by atoms with Gasteiger partial charge in [-0.15, -0.1) is 0 Å². The van der Waals surface area contributed by atoms with E-state index < -0.39 is 15.5 Å². The topological polar surface area (TPSA) is 103 Å². The van der Waals surface area contributed by atoms with E-state index in [9.17, 15) is 25.0 Å². The number of nitro benzene ring substituents is 2. The molecule has 112 valence electrons. The first kappa shape index (κ1) is 15.6. The van der Waals surface area contributed by atoms with Gasteiger partial charge < -0.3 is 0 Å². The maximum atomic E-state index is 12.1. The first-order chi connectivity index (χ1) is 10.4. The van der Waals surface area contributed by atoms with Crippen LogP contribution in [0.5, 0.6) is 0 Å². The summed E-state index contributed by atoms with van der Waals surface area (Å²) in [5.41, 5.74) is 0.546. The van der Waals surface area contributed by atoms with Gasteiger partial charge in [0.05, 0.1) is 20.8 Å². The van der Waals surface area contributed by atoms with Gasteiger partial charge in [0, 0.05) is 11.6 Å². The number of benzene rings is 2. The lowest BCUT2D eigenvalue weighted by molar-refractivity contribution is -0.396. The minimum absolute atomic E-state index is 0.0705. The van der Waals surface area contributed by atoms with Gasteiger partial charge >= 0.3 is 0 Å². The molecule has 22 heavy (non-hydrogen) atoms. The zero-order valence-corrected chi connectivity index (χ0v) is 12.2. The summed E-state index contributed by atoms with van der Waals surface area (Å²) in [5, 5.41) is 21.3. The summed E-state index contributed by atoms with van der Waals surface area (Å²) in [5.74, 6) is 0. The predicted octanol–water partition coefficient (Wildman–Crippen LogP) is 3.74. The van der Waals surface area contributed by atoms with E-state index >= 15 is 0 Å². The highest BCUT2D eigenvalue weighted by Gasteiger charge is 2.22. The van der Waals surface area contributed by atoms with Crippen LogP contribution in [0.25, 0.3) is 0 Å². The van der Waals surface area contributed by atoms with Crippen LogP contribution in [0.2, 0.25) is 0 Å². The van der Waals surface area contributed by atoms with Crippen LogP contribution in [-0.2, 0) is 0 Å². The van der Waals surface area contributed by atoms with Crippen molar-refractivity contribution in [3.8, 4) is 0 Å². The Morgan fingerprint density at radius 1 is 1.00 bits per heavy atom. The number of aryl methyl sites for hydroxylation is 1. The Bertz CT molecular complexity index is 758. The molecular formula is C14H10N2O5S. The summed E-state index contributed by atoms with van der Waals surface area (Å²) in [6.07, 6.45) is 0. The molecule has 0 unspecified atom stereocenters. The molecule has 8 heteroatoms. The zero-order valence-electron chi connectivity index (χ0n) is 11.4. The second-order valence-corrected chi connectivity index (χ2v) is 5.44. The highest BCUT2D eigenvalue weighted by molar-refractivity contribution is 8.14. The van der Waals surface area contributed by atoms with E-state index in [1.165, 1.54) is 6.07 Å². The monoisotopic (exact) mass is 318 g/mol. The maximum absolute atomic E-state index is 12.1. The van der Waals surface area contributed by atoms with Crippen LogP contribution >= 0.6 is 11.8 Å². The summed E-state index contributed by atoms with van der Waals surface area (Å²) in [7, 11) is 0. The zero-order chi connectivity index (χ0) is 16.3. The lowest BCUT2D eigenvalue weighted by Crippen LogP contribution is -1.98. The molecule has 0 aromatic heterocycles. The molecule has 0 saturated carbocycles. The lowest BCUT2D eigenvalue weighted by atomic mass is 10.2. The van der Waals surface area contributed by atoms with Gasteiger partial charge in [0.1, 0.15) is 0 Å². The molecule has 0 aliphatic heterocycles. The standard InChI is InChI=1S/C14H10N2O5S/c1-9-2-4-10(5-3-9)14(17)22-13-7-6-11(15(18)19)8-12(13)16(20)21/h2-8H,1H3. The van der Waals surface area contributed by atoms with Crippen molar-refractivity contribution in [1.82, 2.24) is 0 Å². The van der Waals surface area contributed by atoms with E-state index in [0.717, 1.165) is 17.7 Å². The van der Waals surface area contributed by atoms with Gasteiger partial charge in [-0.25, -0.2) is 0 Å². The van der Waals surface area contributed by atoms with Crippen LogP contribution in [0.1, 0.15) is 15.9 Å². The second kappa shape index (κ2) is 6.35.